The molecule has 0 spiro atoms. The fourth-order valence-electron chi connectivity index (χ4n) is 3.09. The lowest BCUT2D eigenvalue weighted by Crippen LogP contribution is -1.80. The molecule has 1 radical (unpaired) electrons. The summed E-state index contributed by atoms with van der Waals surface area (Å²) in [5.41, 5.74) is 5.14. The van der Waals surface area contributed by atoms with Crippen LogP contribution in [0.1, 0.15) is 0 Å². The fraction of sp³-hybridized carbons (Fsp3) is 0. The number of aromatic amines is 2. The maximum absolute atomic E-state index is 4.46. The smallest absolute Gasteiger partial charge is 0.101 e. The quantitative estimate of drug-likeness (QED) is 0.461. The molecule has 0 aliphatic rings. The van der Waals surface area contributed by atoms with Crippen LogP contribution >= 0.6 is 0 Å². The summed E-state index contributed by atoms with van der Waals surface area (Å²) in [5, 5.41) is 11.1. The Kier molecular flexibility index (Phi) is 2.22. The molecule has 22 heavy (non-hydrogen) atoms. The molecular formula is C19H12N3. The van der Waals surface area contributed by atoms with Crippen LogP contribution < -0.4 is 0 Å². The average Bonchev–Trinajstić information content (AvgIpc) is 3.15. The molecule has 0 bridgehead atoms. The van der Waals surface area contributed by atoms with E-state index < -0.39 is 0 Å². The number of nitrogens with zero attached hydrogens (tertiary/aromatic N) is 1. The first-order chi connectivity index (χ1) is 10.9. The van der Waals surface area contributed by atoms with E-state index in [0.29, 0.717) is 0 Å². The molecule has 0 saturated heterocycles. The Hall–Kier alpha value is -3.07. The normalized spacial score (nSPS) is 11.6. The van der Waals surface area contributed by atoms with Crippen LogP contribution in [0.2, 0.25) is 0 Å². The van der Waals surface area contributed by atoms with E-state index >= 15 is 0 Å². The zero-order chi connectivity index (χ0) is 14.5. The molecule has 103 valence electrons. The van der Waals surface area contributed by atoms with Crippen LogP contribution in [0.15, 0.2) is 60.7 Å². The number of H-pyrrole nitrogens is 2. The number of benzene rings is 3. The first-order valence-corrected chi connectivity index (χ1v) is 7.26. The summed E-state index contributed by atoms with van der Waals surface area (Å²) in [6.07, 6.45) is 0. The highest BCUT2D eigenvalue weighted by Gasteiger charge is 2.10. The summed E-state index contributed by atoms with van der Waals surface area (Å²) < 4.78 is 0. The Morgan fingerprint density at radius 3 is 2.41 bits per heavy atom. The highest BCUT2D eigenvalue weighted by molar-refractivity contribution is 6.08. The van der Waals surface area contributed by atoms with E-state index in [0.717, 1.165) is 33.2 Å². The van der Waals surface area contributed by atoms with Gasteiger partial charge in [-0.05, 0) is 12.1 Å². The predicted molar refractivity (Wildman–Crippen MR) is 89.7 cm³/mol. The second kappa shape index (κ2) is 4.21. The summed E-state index contributed by atoms with van der Waals surface area (Å²) in [4.78, 5) is 3.43. The highest BCUT2D eigenvalue weighted by Crippen LogP contribution is 2.31. The topological polar surface area (TPSA) is 44.5 Å². The van der Waals surface area contributed by atoms with Gasteiger partial charge in [-0.1, -0.05) is 48.5 Å². The van der Waals surface area contributed by atoms with Crippen LogP contribution in [-0.2, 0) is 0 Å². The van der Waals surface area contributed by atoms with Gasteiger partial charge in [0.25, 0.3) is 0 Å². The van der Waals surface area contributed by atoms with Crippen molar-refractivity contribution in [2.75, 3.05) is 0 Å². The van der Waals surface area contributed by atoms with Gasteiger partial charge in [-0.15, -0.1) is 0 Å². The van der Waals surface area contributed by atoms with Crippen molar-refractivity contribution >= 4 is 32.7 Å². The molecule has 0 amide bonds. The Balaban J connectivity index is 1.80. The standard InChI is InChI=1S/C19H12N3/c1-3-7-16-13(5-1)14-10-9-12(11-18(14)20-16)19-15-6-2-4-8-17(15)21-22-19/h1-10,20H,(H,21,22). The Labute approximate surface area is 126 Å². The van der Waals surface area contributed by atoms with Crippen LogP contribution in [0.4, 0.5) is 0 Å². The Morgan fingerprint density at radius 1 is 0.727 bits per heavy atom. The number of aromatic nitrogens is 3. The van der Waals surface area contributed by atoms with Crippen molar-refractivity contribution in [1.82, 2.24) is 15.2 Å². The summed E-state index contributed by atoms with van der Waals surface area (Å²) >= 11 is 0. The van der Waals surface area contributed by atoms with Crippen molar-refractivity contribution in [2.45, 2.75) is 0 Å². The van der Waals surface area contributed by atoms with Crippen LogP contribution in [0, 0.1) is 6.07 Å². The van der Waals surface area contributed by atoms with Crippen molar-refractivity contribution in [3.05, 3.63) is 66.7 Å². The lowest BCUT2D eigenvalue weighted by Gasteiger charge is -1.98. The van der Waals surface area contributed by atoms with Gasteiger partial charge in [0.2, 0.25) is 0 Å². The predicted octanol–water partition coefficient (Wildman–Crippen LogP) is 4.66. The molecule has 0 aliphatic heterocycles. The summed E-state index contributed by atoms with van der Waals surface area (Å²) in [5.74, 6) is 0. The zero-order valence-electron chi connectivity index (χ0n) is 11.7. The maximum Gasteiger partial charge on any atom is 0.101 e. The fourth-order valence-corrected chi connectivity index (χ4v) is 3.09. The number of fused-ring (bicyclic) bond motifs is 4. The number of rotatable bonds is 1. The van der Waals surface area contributed by atoms with Crippen LogP contribution in [-0.4, -0.2) is 15.2 Å². The minimum atomic E-state index is 0.941. The molecule has 5 rings (SSSR count). The Bertz CT molecular complexity index is 1130. The molecule has 2 aromatic heterocycles. The SMILES string of the molecule is [c]1c(-c2n[nH]c3ccccc23)ccc2c1[nH]c1ccccc12. The van der Waals surface area contributed by atoms with Gasteiger partial charge in [0, 0.05) is 33.3 Å². The third kappa shape index (κ3) is 1.53. The molecule has 0 saturated carbocycles. The first-order valence-electron chi connectivity index (χ1n) is 7.26. The van der Waals surface area contributed by atoms with Crippen molar-refractivity contribution < 1.29 is 0 Å². The van der Waals surface area contributed by atoms with Gasteiger partial charge in [-0.25, -0.2) is 0 Å². The van der Waals surface area contributed by atoms with Crippen LogP contribution in [0.5, 0.6) is 0 Å². The molecule has 3 nitrogen and oxygen atoms in total. The van der Waals surface area contributed by atoms with Crippen LogP contribution in [0.3, 0.4) is 0 Å². The van der Waals surface area contributed by atoms with Gasteiger partial charge in [0.05, 0.1) is 11.0 Å². The van der Waals surface area contributed by atoms with Gasteiger partial charge < -0.3 is 4.98 Å². The molecule has 3 aromatic carbocycles. The second-order valence-corrected chi connectivity index (χ2v) is 5.45. The van der Waals surface area contributed by atoms with E-state index in [1.165, 1.54) is 10.8 Å². The summed E-state index contributed by atoms with van der Waals surface area (Å²) in [7, 11) is 0. The molecular weight excluding hydrogens is 270 g/mol. The second-order valence-electron chi connectivity index (χ2n) is 5.45. The van der Waals surface area contributed by atoms with Gasteiger partial charge in [0.15, 0.2) is 0 Å². The van der Waals surface area contributed by atoms with Crippen molar-refractivity contribution in [2.24, 2.45) is 0 Å². The van der Waals surface area contributed by atoms with Gasteiger partial charge in [-0.2, -0.15) is 5.10 Å². The van der Waals surface area contributed by atoms with Crippen LogP contribution in [0.25, 0.3) is 44.0 Å². The first kappa shape index (κ1) is 11.6. The largest absolute Gasteiger partial charge is 0.354 e. The lowest BCUT2D eigenvalue weighted by molar-refractivity contribution is 1.12. The third-order valence-corrected chi connectivity index (χ3v) is 4.15. The highest BCUT2D eigenvalue weighted by atomic mass is 15.1. The van der Waals surface area contributed by atoms with E-state index in [2.05, 4.69) is 57.6 Å². The lowest BCUT2D eigenvalue weighted by atomic mass is 10.1. The maximum atomic E-state index is 4.46. The van der Waals surface area contributed by atoms with E-state index in [4.69, 9.17) is 0 Å². The molecule has 0 unspecified atom stereocenters. The number of hydrogen-bond acceptors (Lipinski definition) is 1. The van der Waals surface area contributed by atoms with Gasteiger partial charge >= 0.3 is 0 Å². The molecule has 2 N–H and O–H groups in total. The van der Waals surface area contributed by atoms with E-state index in [1.807, 2.05) is 24.3 Å². The van der Waals surface area contributed by atoms with Crippen molar-refractivity contribution in [3.8, 4) is 11.3 Å². The molecule has 0 aliphatic carbocycles. The van der Waals surface area contributed by atoms with Gasteiger partial charge in [0.1, 0.15) is 5.69 Å². The molecule has 0 atom stereocenters. The van der Waals surface area contributed by atoms with E-state index in [9.17, 15) is 0 Å². The minimum absolute atomic E-state index is 0.941. The summed E-state index contributed by atoms with van der Waals surface area (Å²) in [6.45, 7) is 0. The molecule has 5 aromatic rings. The zero-order valence-corrected chi connectivity index (χ0v) is 11.7. The number of hydrogen-bond donors (Lipinski definition) is 2. The molecule has 3 heteroatoms. The van der Waals surface area contributed by atoms with Gasteiger partial charge in [-0.3, -0.25) is 5.10 Å². The number of nitrogens with one attached hydrogen (secondary N) is 2. The average molecular weight is 282 g/mol. The van der Waals surface area contributed by atoms with E-state index in [1.54, 1.807) is 0 Å². The number of para-hydroxylation sites is 2. The Morgan fingerprint density at radius 2 is 1.50 bits per heavy atom. The minimum Gasteiger partial charge on any atom is -0.354 e. The molecule has 2 heterocycles. The molecule has 0 fully saturated rings. The van der Waals surface area contributed by atoms with Crippen molar-refractivity contribution in [1.29, 1.82) is 0 Å². The monoisotopic (exact) mass is 282 g/mol. The van der Waals surface area contributed by atoms with E-state index in [-0.39, 0.29) is 0 Å². The summed E-state index contributed by atoms with van der Waals surface area (Å²) in [6, 6.07) is 24.2. The van der Waals surface area contributed by atoms with Crippen molar-refractivity contribution in [3.63, 3.8) is 0 Å². The third-order valence-electron chi connectivity index (χ3n) is 4.15.